The summed E-state index contributed by atoms with van der Waals surface area (Å²) in [6, 6.07) is -0.348. The van der Waals surface area contributed by atoms with Gasteiger partial charge in [0.15, 0.2) is 0 Å². The van der Waals surface area contributed by atoms with Crippen LogP contribution in [-0.2, 0) is 9.53 Å². The number of carboxylic acid groups (broad SMARTS) is 1. The molecule has 16 heavy (non-hydrogen) atoms. The molecule has 1 amide bonds. The van der Waals surface area contributed by atoms with E-state index in [1.807, 2.05) is 13.8 Å². The second-order valence-electron chi connectivity index (χ2n) is 4.19. The summed E-state index contributed by atoms with van der Waals surface area (Å²) in [5.41, 5.74) is 0. The topological polar surface area (TPSA) is 66.8 Å². The molecule has 1 N–H and O–H groups in total. The molecule has 0 saturated heterocycles. The number of rotatable bonds is 6. The lowest BCUT2D eigenvalue weighted by Crippen LogP contribution is -2.42. The molecule has 0 heterocycles. The van der Waals surface area contributed by atoms with Crippen molar-refractivity contribution in [2.45, 2.75) is 40.2 Å². The van der Waals surface area contributed by atoms with Crippen molar-refractivity contribution < 1.29 is 19.4 Å². The molecule has 0 aromatic carbocycles. The van der Waals surface area contributed by atoms with Crippen molar-refractivity contribution in [3.05, 3.63) is 0 Å². The van der Waals surface area contributed by atoms with Gasteiger partial charge < -0.3 is 14.7 Å². The van der Waals surface area contributed by atoms with Crippen molar-refractivity contribution >= 4 is 12.1 Å². The number of amides is 1. The fraction of sp³-hybridized carbons (Fsp3) is 0.818. The summed E-state index contributed by atoms with van der Waals surface area (Å²) in [4.78, 5) is 23.7. The summed E-state index contributed by atoms with van der Waals surface area (Å²) in [6.45, 7) is 8.20. The van der Waals surface area contributed by atoms with Crippen molar-refractivity contribution in [1.82, 2.24) is 4.90 Å². The minimum Gasteiger partial charge on any atom is -0.481 e. The molecule has 0 radical (unpaired) electrons. The zero-order chi connectivity index (χ0) is 12.7. The first-order valence-corrected chi connectivity index (χ1v) is 5.53. The number of carbonyl (C=O) groups is 2. The minimum atomic E-state index is -0.912. The van der Waals surface area contributed by atoms with Crippen LogP contribution in [0.25, 0.3) is 0 Å². The molecule has 5 nitrogen and oxygen atoms in total. The molecule has 0 bridgehead atoms. The third-order valence-electron chi connectivity index (χ3n) is 2.07. The number of carboxylic acids is 1. The quantitative estimate of drug-likeness (QED) is 0.758. The molecule has 1 unspecified atom stereocenters. The van der Waals surface area contributed by atoms with E-state index in [2.05, 4.69) is 0 Å². The van der Waals surface area contributed by atoms with E-state index < -0.39 is 12.1 Å². The van der Waals surface area contributed by atoms with Crippen LogP contribution in [-0.4, -0.2) is 41.3 Å². The normalized spacial score (nSPS) is 12.3. The molecule has 0 aliphatic carbocycles. The molecular weight excluding hydrogens is 210 g/mol. The van der Waals surface area contributed by atoms with Crippen LogP contribution in [0.2, 0.25) is 0 Å². The van der Waals surface area contributed by atoms with Gasteiger partial charge in [0, 0.05) is 12.6 Å². The van der Waals surface area contributed by atoms with Gasteiger partial charge in [-0.15, -0.1) is 0 Å². The highest BCUT2D eigenvalue weighted by Crippen LogP contribution is 2.10. The first-order chi connectivity index (χ1) is 7.38. The molecule has 0 fully saturated rings. The molecular formula is C11H21NO4. The molecule has 0 saturated carbocycles. The van der Waals surface area contributed by atoms with E-state index in [9.17, 15) is 9.59 Å². The zero-order valence-corrected chi connectivity index (χ0v) is 10.4. The zero-order valence-electron chi connectivity index (χ0n) is 10.4. The fourth-order valence-electron chi connectivity index (χ4n) is 1.40. The maximum atomic E-state index is 11.6. The molecule has 0 aliphatic rings. The predicted molar refractivity (Wildman–Crippen MR) is 60.3 cm³/mol. The first kappa shape index (κ1) is 14.7. The van der Waals surface area contributed by atoms with E-state index in [0.717, 1.165) is 0 Å². The van der Waals surface area contributed by atoms with Crippen LogP contribution in [0, 0.1) is 5.92 Å². The van der Waals surface area contributed by atoms with Crippen LogP contribution in [0.3, 0.4) is 0 Å². The van der Waals surface area contributed by atoms with Gasteiger partial charge in [0.2, 0.25) is 0 Å². The Morgan fingerprint density at radius 2 is 1.88 bits per heavy atom. The lowest BCUT2D eigenvalue weighted by molar-refractivity contribution is -0.138. The maximum absolute atomic E-state index is 11.6. The van der Waals surface area contributed by atoms with E-state index >= 15 is 0 Å². The predicted octanol–water partition coefficient (Wildman–Crippen LogP) is 1.96. The van der Waals surface area contributed by atoms with E-state index in [4.69, 9.17) is 9.84 Å². The maximum Gasteiger partial charge on any atom is 0.410 e. The second kappa shape index (κ2) is 7.09. The SMILES string of the molecule is CCOC(=O)N(CC(C)C)C(C)CC(=O)O. The van der Waals surface area contributed by atoms with Gasteiger partial charge in [-0.2, -0.15) is 0 Å². The molecule has 0 spiro atoms. The van der Waals surface area contributed by atoms with Gasteiger partial charge in [-0.3, -0.25) is 4.79 Å². The Hall–Kier alpha value is -1.26. The Bertz CT molecular complexity index is 240. The Balaban J connectivity index is 4.51. The Labute approximate surface area is 96.4 Å². The minimum absolute atomic E-state index is 0.0640. The van der Waals surface area contributed by atoms with Crippen molar-refractivity contribution in [2.24, 2.45) is 5.92 Å². The Morgan fingerprint density at radius 1 is 1.31 bits per heavy atom. The van der Waals surface area contributed by atoms with Crippen molar-refractivity contribution in [2.75, 3.05) is 13.2 Å². The molecule has 0 aliphatic heterocycles. The van der Waals surface area contributed by atoms with Gasteiger partial charge in [-0.25, -0.2) is 4.79 Å². The standard InChI is InChI=1S/C11H21NO4/c1-5-16-11(15)12(7-8(2)3)9(4)6-10(13)14/h8-9H,5-7H2,1-4H3,(H,13,14). The summed E-state index contributed by atoms with van der Waals surface area (Å²) >= 11 is 0. The van der Waals surface area contributed by atoms with Crippen LogP contribution in [0.4, 0.5) is 4.79 Å². The first-order valence-electron chi connectivity index (χ1n) is 5.53. The van der Waals surface area contributed by atoms with Gasteiger partial charge in [0.1, 0.15) is 0 Å². The summed E-state index contributed by atoms with van der Waals surface area (Å²) in [5.74, 6) is -0.633. The van der Waals surface area contributed by atoms with Gasteiger partial charge in [0.05, 0.1) is 13.0 Å². The van der Waals surface area contributed by atoms with Gasteiger partial charge >= 0.3 is 12.1 Å². The number of hydrogen-bond acceptors (Lipinski definition) is 3. The van der Waals surface area contributed by atoms with E-state index in [-0.39, 0.29) is 18.4 Å². The molecule has 0 rings (SSSR count). The average Bonchev–Trinajstić information content (AvgIpc) is 2.12. The molecule has 1 atom stereocenters. The van der Waals surface area contributed by atoms with Crippen LogP contribution in [0.1, 0.15) is 34.1 Å². The third-order valence-corrected chi connectivity index (χ3v) is 2.07. The number of nitrogens with zero attached hydrogens (tertiary/aromatic N) is 1. The monoisotopic (exact) mass is 231 g/mol. The van der Waals surface area contributed by atoms with Crippen molar-refractivity contribution in [3.63, 3.8) is 0 Å². The van der Waals surface area contributed by atoms with Crippen LogP contribution in [0.5, 0.6) is 0 Å². The number of carbonyl (C=O) groups excluding carboxylic acids is 1. The van der Waals surface area contributed by atoms with Crippen molar-refractivity contribution in [1.29, 1.82) is 0 Å². The van der Waals surface area contributed by atoms with Gasteiger partial charge in [-0.05, 0) is 19.8 Å². The molecule has 5 heteroatoms. The molecule has 0 aromatic heterocycles. The molecule has 94 valence electrons. The summed E-state index contributed by atoms with van der Waals surface area (Å²) in [7, 11) is 0. The van der Waals surface area contributed by atoms with E-state index in [0.29, 0.717) is 13.2 Å². The summed E-state index contributed by atoms with van der Waals surface area (Å²) in [5, 5.41) is 8.70. The number of hydrogen-bond donors (Lipinski definition) is 1. The Kier molecular flexibility index (Phi) is 6.53. The number of ether oxygens (including phenoxy) is 1. The number of aliphatic carboxylic acids is 1. The highest BCUT2D eigenvalue weighted by Gasteiger charge is 2.23. The van der Waals surface area contributed by atoms with Crippen LogP contribution < -0.4 is 0 Å². The van der Waals surface area contributed by atoms with Gasteiger partial charge in [-0.1, -0.05) is 13.8 Å². The van der Waals surface area contributed by atoms with Crippen LogP contribution >= 0.6 is 0 Å². The average molecular weight is 231 g/mol. The van der Waals surface area contributed by atoms with E-state index in [1.54, 1.807) is 13.8 Å². The smallest absolute Gasteiger partial charge is 0.410 e. The van der Waals surface area contributed by atoms with Crippen molar-refractivity contribution in [3.8, 4) is 0 Å². The summed E-state index contributed by atoms with van der Waals surface area (Å²) in [6.07, 6.45) is -0.504. The lowest BCUT2D eigenvalue weighted by atomic mass is 10.1. The highest BCUT2D eigenvalue weighted by molar-refractivity contribution is 5.71. The lowest BCUT2D eigenvalue weighted by Gasteiger charge is -2.28. The third kappa shape index (κ3) is 5.58. The fourth-order valence-corrected chi connectivity index (χ4v) is 1.40. The molecule has 0 aromatic rings. The largest absolute Gasteiger partial charge is 0.481 e. The van der Waals surface area contributed by atoms with Gasteiger partial charge in [0.25, 0.3) is 0 Å². The summed E-state index contributed by atoms with van der Waals surface area (Å²) < 4.78 is 4.90. The second-order valence-corrected chi connectivity index (χ2v) is 4.19. The van der Waals surface area contributed by atoms with E-state index in [1.165, 1.54) is 4.90 Å². The Morgan fingerprint density at radius 3 is 2.25 bits per heavy atom. The highest BCUT2D eigenvalue weighted by atomic mass is 16.6. The van der Waals surface area contributed by atoms with Crippen LogP contribution in [0.15, 0.2) is 0 Å².